The van der Waals surface area contributed by atoms with E-state index in [2.05, 4.69) is 37.4 Å². The summed E-state index contributed by atoms with van der Waals surface area (Å²) in [6, 6.07) is 0. The molecule has 0 unspecified atom stereocenters. The van der Waals surface area contributed by atoms with E-state index >= 15 is 0 Å². The highest BCUT2D eigenvalue weighted by molar-refractivity contribution is 7.46. The normalized spacial score (nSPS) is 13.5. The molecule has 116 valence electrons. The van der Waals surface area contributed by atoms with Gasteiger partial charge < -0.3 is 9.79 Å². The summed E-state index contributed by atoms with van der Waals surface area (Å²) in [5.41, 5.74) is 3.80. The van der Waals surface area contributed by atoms with E-state index in [-0.39, 0.29) is 6.61 Å². The maximum Gasteiger partial charge on any atom is 0.469 e. The van der Waals surface area contributed by atoms with Gasteiger partial charge in [-0.15, -0.1) is 0 Å². The van der Waals surface area contributed by atoms with Gasteiger partial charge in [0.05, 0.1) is 6.61 Å². The molecule has 4 nitrogen and oxygen atoms in total. The van der Waals surface area contributed by atoms with Gasteiger partial charge in [0.25, 0.3) is 0 Å². The van der Waals surface area contributed by atoms with Crippen LogP contribution in [0.2, 0.25) is 0 Å². The molecular weight excluding hydrogens is 275 g/mol. The average Bonchev–Trinajstić information content (AvgIpc) is 2.26. The molecule has 0 fully saturated rings. The van der Waals surface area contributed by atoms with Gasteiger partial charge in [0.2, 0.25) is 0 Å². The Morgan fingerprint density at radius 1 is 0.950 bits per heavy atom. The number of phosphoric ester groups is 1. The van der Waals surface area contributed by atoms with Crippen molar-refractivity contribution in [1.82, 2.24) is 0 Å². The molecule has 0 aliphatic carbocycles. The molecule has 0 bridgehead atoms. The van der Waals surface area contributed by atoms with Gasteiger partial charge in [-0.05, 0) is 53.4 Å². The third-order valence-corrected chi connectivity index (χ3v) is 3.28. The van der Waals surface area contributed by atoms with Crippen LogP contribution in [0.3, 0.4) is 0 Å². The lowest BCUT2D eigenvalue weighted by Gasteiger charge is -2.03. The van der Waals surface area contributed by atoms with Crippen molar-refractivity contribution in [3.8, 4) is 0 Å². The molecule has 0 aromatic heterocycles. The molecule has 0 aliphatic rings. The van der Waals surface area contributed by atoms with Crippen LogP contribution in [0.1, 0.15) is 53.4 Å². The van der Waals surface area contributed by atoms with Crippen molar-refractivity contribution in [2.45, 2.75) is 53.4 Å². The van der Waals surface area contributed by atoms with E-state index in [1.807, 2.05) is 6.92 Å². The van der Waals surface area contributed by atoms with Gasteiger partial charge in [0.15, 0.2) is 0 Å². The Morgan fingerprint density at radius 2 is 1.45 bits per heavy atom. The fraction of sp³-hybridized carbons (Fsp3) is 0.600. The number of hydrogen-bond acceptors (Lipinski definition) is 2. The summed E-state index contributed by atoms with van der Waals surface area (Å²) in [6.07, 6.45) is 10.2. The zero-order valence-electron chi connectivity index (χ0n) is 12.9. The molecule has 0 aromatic rings. The Labute approximate surface area is 122 Å². The predicted molar refractivity (Wildman–Crippen MR) is 83.4 cm³/mol. The second-order valence-electron chi connectivity index (χ2n) is 5.25. The fourth-order valence-corrected chi connectivity index (χ4v) is 1.88. The third kappa shape index (κ3) is 13.8. The zero-order chi connectivity index (χ0) is 15.6. The topological polar surface area (TPSA) is 66.8 Å². The Hall–Kier alpha value is -0.670. The van der Waals surface area contributed by atoms with Crippen LogP contribution in [0.5, 0.6) is 0 Å². The van der Waals surface area contributed by atoms with Crippen LogP contribution in [-0.4, -0.2) is 16.4 Å². The van der Waals surface area contributed by atoms with E-state index < -0.39 is 7.82 Å². The van der Waals surface area contributed by atoms with Crippen LogP contribution in [0.15, 0.2) is 34.9 Å². The monoisotopic (exact) mass is 302 g/mol. The molecule has 0 spiro atoms. The molecule has 0 rings (SSSR count). The van der Waals surface area contributed by atoms with Crippen LogP contribution in [0.4, 0.5) is 0 Å². The van der Waals surface area contributed by atoms with E-state index in [9.17, 15) is 4.57 Å². The first kappa shape index (κ1) is 19.3. The smallest absolute Gasteiger partial charge is 0.303 e. The molecule has 0 aliphatic heterocycles. The van der Waals surface area contributed by atoms with E-state index in [1.54, 1.807) is 6.08 Å². The first-order valence-electron chi connectivity index (χ1n) is 6.85. The molecule has 5 heteroatoms. The maximum absolute atomic E-state index is 10.5. The molecule has 0 amide bonds. The van der Waals surface area contributed by atoms with Crippen molar-refractivity contribution in [3.63, 3.8) is 0 Å². The highest BCUT2D eigenvalue weighted by Crippen LogP contribution is 2.35. The minimum atomic E-state index is -4.35. The standard InChI is InChI=1S/C15H27O4P/c1-13(2)7-5-8-14(3)9-6-10-15(4)11-12-19-20(16,17)18/h7,9,11H,5-6,8,10,12H2,1-4H3,(H2,16,17,18)/b14-9+,15-11+. The SMILES string of the molecule is CC(C)=CCC/C(C)=C/CC/C(C)=C/COP(=O)(O)O. The molecule has 0 radical (unpaired) electrons. The number of rotatable bonds is 9. The largest absolute Gasteiger partial charge is 0.469 e. The van der Waals surface area contributed by atoms with E-state index in [4.69, 9.17) is 9.79 Å². The predicted octanol–water partition coefficient (Wildman–Crippen LogP) is 4.51. The van der Waals surface area contributed by atoms with Gasteiger partial charge in [0, 0.05) is 0 Å². The summed E-state index contributed by atoms with van der Waals surface area (Å²) in [5.74, 6) is 0. The Bertz CT molecular complexity index is 412. The van der Waals surface area contributed by atoms with Crippen LogP contribution in [0.25, 0.3) is 0 Å². The van der Waals surface area contributed by atoms with Crippen LogP contribution in [0, 0.1) is 0 Å². The van der Waals surface area contributed by atoms with Crippen LogP contribution >= 0.6 is 7.82 Å². The zero-order valence-corrected chi connectivity index (χ0v) is 13.8. The molecule has 20 heavy (non-hydrogen) atoms. The van der Waals surface area contributed by atoms with E-state index in [0.717, 1.165) is 31.3 Å². The van der Waals surface area contributed by atoms with E-state index in [0.29, 0.717) is 0 Å². The number of phosphoric acid groups is 1. The van der Waals surface area contributed by atoms with Crippen LogP contribution in [-0.2, 0) is 9.09 Å². The summed E-state index contributed by atoms with van der Waals surface area (Å²) >= 11 is 0. The quantitative estimate of drug-likeness (QED) is 0.485. The highest BCUT2D eigenvalue weighted by Gasteiger charge is 2.11. The molecule has 0 atom stereocenters. The fourth-order valence-electron chi connectivity index (χ4n) is 1.62. The Balaban J connectivity index is 3.94. The summed E-state index contributed by atoms with van der Waals surface area (Å²) in [6.45, 7) is 8.24. The molecule has 2 N–H and O–H groups in total. The second-order valence-corrected chi connectivity index (χ2v) is 6.49. The summed E-state index contributed by atoms with van der Waals surface area (Å²) in [5, 5.41) is 0. The van der Waals surface area contributed by atoms with Gasteiger partial charge in [-0.2, -0.15) is 0 Å². The van der Waals surface area contributed by atoms with Crippen molar-refractivity contribution in [2.75, 3.05) is 6.61 Å². The van der Waals surface area contributed by atoms with Gasteiger partial charge >= 0.3 is 7.82 Å². The minimum absolute atomic E-state index is 0.0423. The van der Waals surface area contributed by atoms with Crippen molar-refractivity contribution in [1.29, 1.82) is 0 Å². The molecular formula is C15H27O4P. The van der Waals surface area contributed by atoms with Gasteiger partial charge in [-0.1, -0.05) is 34.9 Å². The molecule has 0 saturated heterocycles. The maximum atomic E-state index is 10.5. The lowest BCUT2D eigenvalue weighted by molar-refractivity contribution is 0.215. The second kappa shape index (κ2) is 10.1. The molecule has 0 aromatic carbocycles. The molecule has 0 heterocycles. The minimum Gasteiger partial charge on any atom is -0.303 e. The number of allylic oxidation sites excluding steroid dienone is 5. The van der Waals surface area contributed by atoms with Gasteiger partial charge in [-0.25, -0.2) is 4.57 Å². The third-order valence-electron chi connectivity index (χ3n) is 2.80. The van der Waals surface area contributed by atoms with Crippen molar-refractivity contribution >= 4 is 7.82 Å². The van der Waals surface area contributed by atoms with Crippen molar-refractivity contribution in [3.05, 3.63) is 34.9 Å². The summed E-state index contributed by atoms with van der Waals surface area (Å²) in [4.78, 5) is 17.1. The highest BCUT2D eigenvalue weighted by atomic mass is 31.2. The Kier molecular flexibility index (Phi) is 9.78. The van der Waals surface area contributed by atoms with Crippen molar-refractivity contribution < 1.29 is 18.9 Å². The van der Waals surface area contributed by atoms with E-state index in [1.165, 1.54) is 11.1 Å². The summed E-state index contributed by atoms with van der Waals surface area (Å²) in [7, 11) is -4.35. The lowest BCUT2D eigenvalue weighted by Crippen LogP contribution is -1.89. The van der Waals surface area contributed by atoms with Crippen LogP contribution < -0.4 is 0 Å². The van der Waals surface area contributed by atoms with Gasteiger partial charge in [0.1, 0.15) is 0 Å². The van der Waals surface area contributed by atoms with Crippen molar-refractivity contribution in [2.24, 2.45) is 0 Å². The number of hydrogen-bond donors (Lipinski definition) is 2. The molecule has 0 saturated carbocycles. The average molecular weight is 302 g/mol. The first-order chi connectivity index (χ1) is 9.20. The first-order valence-corrected chi connectivity index (χ1v) is 8.38. The lowest BCUT2D eigenvalue weighted by atomic mass is 10.1. The summed E-state index contributed by atoms with van der Waals surface area (Å²) < 4.78 is 14.9. The Morgan fingerprint density at radius 3 is 1.95 bits per heavy atom. The van der Waals surface area contributed by atoms with Gasteiger partial charge in [-0.3, -0.25) is 4.52 Å².